The Hall–Kier alpha value is -2.17. The number of aliphatic hydroxyl groups excluding tert-OH is 1. The first-order valence-corrected chi connectivity index (χ1v) is 7.24. The van der Waals surface area contributed by atoms with Gasteiger partial charge in [0.15, 0.2) is 0 Å². The summed E-state index contributed by atoms with van der Waals surface area (Å²) in [5.41, 5.74) is 1.85. The lowest BCUT2D eigenvalue weighted by atomic mass is 9.95. The number of carboxylic acid groups (broad SMARTS) is 1. The predicted octanol–water partition coefficient (Wildman–Crippen LogP) is 2.67. The Morgan fingerprint density at radius 1 is 1.09 bits per heavy atom. The van der Waals surface area contributed by atoms with E-state index in [9.17, 15) is 15.0 Å². The third kappa shape index (κ3) is 3.53. The van der Waals surface area contributed by atoms with Gasteiger partial charge < -0.3 is 10.2 Å². The van der Waals surface area contributed by atoms with Crippen molar-refractivity contribution in [1.29, 1.82) is 0 Å². The van der Waals surface area contributed by atoms with Gasteiger partial charge in [0.05, 0.1) is 6.10 Å². The van der Waals surface area contributed by atoms with Gasteiger partial charge in [0, 0.05) is 6.54 Å². The molecule has 0 spiro atoms. The highest BCUT2D eigenvalue weighted by Crippen LogP contribution is 2.19. The first-order chi connectivity index (χ1) is 10.4. The average Bonchev–Trinajstić information content (AvgIpc) is 2.53. The van der Waals surface area contributed by atoms with Gasteiger partial charge in [-0.1, -0.05) is 54.6 Å². The molecule has 2 rings (SSSR count). The monoisotopic (exact) mass is 299 g/mol. The second-order valence-corrected chi connectivity index (χ2v) is 5.60. The number of carboxylic acids is 1. The van der Waals surface area contributed by atoms with E-state index in [1.807, 2.05) is 54.6 Å². The Morgan fingerprint density at radius 2 is 1.64 bits per heavy atom. The van der Waals surface area contributed by atoms with E-state index in [-0.39, 0.29) is 0 Å². The van der Waals surface area contributed by atoms with E-state index in [2.05, 4.69) is 5.32 Å². The van der Waals surface area contributed by atoms with E-state index in [0.29, 0.717) is 6.54 Å². The molecule has 0 fully saturated rings. The molecule has 2 atom stereocenters. The van der Waals surface area contributed by atoms with E-state index < -0.39 is 17.6 Å². The Morgan fingerprint density at radius 3 is 2.14 bits per heavy atom. The summed E-state index contributed by atoms with van der Waals surface area (Å²) in [5, 5.41) is 21.8. The minimum absolute atomic E-state index is 0.378. The smallest absolute Gasteiger partial charge is 0.326 e. The van der Waals surface area contributed by atoms with Crippen LogP contribution < -0.4 is 5.32 Å². The second kappa shape index (κ2) is 6.73. The fourth-order valence-electron chi connectivity index (χ4n) is 2.13. The van der Waals surface area contributed by atoms with Crippen LogP contribution in [0, 0.1) is 0 Å². The van der Waals surface area contributed by atoms with Crippen LogP contribution in [0.3, 0.4) is 0 Å². The van der Waals surface area contributed by atoms with Crippen LogP contribution in [-0.4, -0.2) is 27.8 Å². The number of hydrogen-bond donors (Lipinski definition) is 3. The largest absolute Gasteiger partial charge is 0.480 e. The minimum atomic E-state index is -1.36. The molecule has 4 nitrogen and oxygen atoms in total. The quantitative estimate of drug-likeness (QED) is 0.767. The van der Waals surface area contributed by atoms with Gasteiger partial charge in [-0.3, -0.25) is 10.1 Å². The summed E-state index contributed by atoms with van der Waals surface area (Å²) in [6.45, 7) is 3.33. The van der Waals surface area contributed by atoms with E-state index in [4.69, 9.17) is 0 Å². The molecule has 0 amide bonds. The highest BCUT2D eigenvalue weighted by atomic mass is 16.4. The molecule has 3 N–H and O–H groups in total. The molecule has 0 aliphatic carbocycles. The molecule has 0 radical (unpaired) electrons. The lowest BCUT2D eigenvalue weighted by Crippen LogP contribution is -2.56. The summed E-state index contributed by atoms with van der Waals surface area (Å²) in [6.07, 6.45) is -0.992. The Kier molecular flexibility index (Phi) is 4.96. The van der Waals surface area contributed by atoms with Crippen molar-refractivity contribution in [3.63, 3.8) is 0 Å². The lowest BCUT2D eigenvalue weighted by Gasteiger charge is -2.29. The number of carbonyl (C=O) groups is 1. The molecule has 2 aromatic carbocycles. The fraction of sp³-hybridized carbons (Fsp3) is 0.278. The highest BCUT2D eigenvalue weighted by molar-refractivity contribution is 5.79. The number of aliphatic hydroxyl groups is 1. The van der Waals surface area contributed by atoms with Gasteiger partial charge in [0.2, 0.25) is 0 Å². The maximum Gasteiger partial charge on any atom is 0.326 e. The van der Waals surface area contributed by atoms with E-state index in [1.54, 1.807) is 0 Å². The average molecular weight is 299 g/mol. The van der Waals surface area contributed by atoms with Crippen molar-refractivity contribution in [2.75, 3.05) is 0 Å². The van der Waals surface area contributed by atoms with Gasteiger partial charge >= 0.3 is 5.97 Å². The minimum Gasteiger partial charge on any atom is -0.480 e. The second-order valence-electron chi connectivity index (χ2n) is 5.60. The molecule has 0 bridgehead atoms. The summed E-state index contributed by atoms with van der Waals surface area (Å²) in [5.74, 6) is -1.07. The van der Waals surface area contributed by atoms with Crippen LogP contribution in [0.4, 0.5) is 0 Å². The summed E-state index contributed by atoms with van der Waals surface area (Å²) in [7, 11) is 0. The van der Waals surface area contributed by atoms with E-state index in [1.165, 1.54) is 13.8 Å². The van der Waals surface area contributed by atoms with Gasteiger partial charge in [-0.15, -0.1) is 0 Å². The van der Waals surface area contributed by atoms with Gasteiger partial charge in [-0.05, 0) is 30.5 Å². The van der Waals surface area contributed by atoms with E-state index in [0.717, 1.165) is 16.7 Å². The van der Waals surface area contributed by atoms with Crippen LogP contribution in [0.1, 0.15) is 19.4 Å². The lowest BCUT2D eigenvalue weighted by molar-refractivity contribution is -0.148. The zero-order chi connectivity index (χ0) is 16.2. The van der Waals surface area contributed by atoms with Gasteiger partial charge in [-0.25, -0.2) is 0 Å². The predicted molar refractivity (Wildman–Crippen MR) is 86.4 cm³/mol. The van der Waals surface area contributed by atoms with Crippen molar-refractivity contribution < 1.29 is 15.0 Å². The number of rotatable bonds is 6. The summed E-state index contributed by atoms with van der Waals surface area (Å²) in [4.78, 5) is 11.3. The van der Waals surface area contributed by atoms with Gasteiger partial charge in [0.1, 0.15) is 5.54 Å². The molecule has 2 unspecified atom stereocenters. The molecular formula is C18H21NO3. The number of aliphatic carboxylic acids is 1. The number of nitrogens with one attached hydrogen (secondary N) is 1. The van der Waals surface area contributed by atoms with Crippen LogP contribution in [0.2, 0.25) is 0 Å². The van der Waals surface area contributed by atoms with Gasteiger partial charge in [0.25, 0.3) is 0 Å². The Labute approximate surface area is 130 Å². The van der Waals surface area contributed by atoms with Crippen LogP contribution >= 0.6 is 0 Å². The zero-order valence-corrected chi connectivity index (χ0v) is 12.8. The molecule has 22 heavy (non-hydrogen) atoms. The van der Waals surface area contributed by atoms with Gasteiger partial charge in [-0.2, -0.15) is 0 Å². The van der Waals surface area contributed by atoms with Crippen molar-refractivity contribution in [3.05, 3.63) is 60.2 Å². The van der Waals surface area contributed by atoms with Crippen molar-refractivity contribution in [1.82, 2.24) is 5.32 Å². The van der Waals surface area contributed by atoms with Crippen molar-refractivity contribution >= 4 is 5.97 Å². The van der Waals surface area contributed by atoms with Crippen molar-refractivity contribution in [2.45, 2.75) is 32.0 Å². The fourth-order valence-corrected chi connectivity index (χ4v) is 2.13. The summed E-state index contributed by atoms with van der Waals surface area (Å²) in [6, 6.07) is 18.0. The van der Waals surface area contributed by atoms with Crippen LogP contribution in [0.15, 0.2) is 54.6 Å². The van der Waals surface area contributed by atoms with Crippen LogP contribution in [0.5, 0.6) is 0 Å². The third-order valence-corrected chi connectivity index (χ3v) is 4.00. The van der Waals surface area contributed by atoms with Crippen LogP contribution in [0.25, 0.3) is 11.1 Å². The SMILES string of the molecule is CC(O)C(C)(NCc1ccc(-c2ccccc2)cc1)C(=O)O. The summed E-state index contributed by atoms with van der Waals surface area (Å²) >= 11 is 0. The molecule has 0 aromatic heterocycles. The maximum absolute atomic E-state index is 11.3. The molecule has 116 valence electrons. The molecule has 0 saturated carbocycles. The Balaban J connectivity index is 2.07. The third-order valence-electron chi connectivity index (χ3n) is 4.00. The zero-order valence-electron chi connectivity index (χ0n) is 12.8. The number of hydrogen-bond acceptors (Lipinski definition) is 3. The Bertz CT molecular complexity index is 623. The first kappa shape index (κ1) is 16.2. The number of benzene rings is 2. The molecule has 0 saturated heterocycles. The molecule has 0 aliphatic heterocycles. The standard InChI is InChI=1S/C18H21NO3/c1-13(20)18(2,17(21)22)19-12-14-8-10-16(11-9-14)15-6-4-3-5-7-15/h3-11,13,19-20H,12H2,1-2H3,(H,21,22). The normalized spacial score (nSPS) is 15.0. The topological polar surface area (TPSA) is 69.6 Å². The first-order valence-electron chi connectivity index (χ1n) is 7.24. The molecule has 2 aromatic rings. The highest BCUT2D eigenvalue weighted by Gasteiger charge is 2.37. The van der Waals surface area contributed by atoms with Crippen LogP contribution in [-0.2, 0) is 11.3 Å². The molecular weight excluding hydrogens is 278 g/mol. The molecule has 0 aliphatic rings. The maximum atomic E-state index is 11.3. The molecule has 0 heterocycles. The van der Waals surface area contributed by atoms with Crippen molar-refractivity contribution in [3.8, 4) is 11.1 Å². The van der Waals surface area contributed by atoms with E-state index >= 15 is 0 Å². The molecule has 4 heteroatoms. The summed E-state index contributed by atoms with van der Waals surface area (Å²) < 4.78 is 0. The van der Waals surface area contributed by atoms with Crippen molar-refractivity contribution in [2.24, 2.45) is 0 Å².